The fourth-order valence-electron chi connectivity index (χ4n) is 13.6. The Bertz CT molecular complexity index is 3140. The molecule has 0 radical (unpaired) electrons. The Hall–Kier alpha value is -5.85. The second kappa shape index (κ2) is 20.6. The number of nitrogens with two attached hydrogens (primary N) is 1. The van der Waals surface area contributed by atoms with Gasteiger partial charge in [-0.2, -0.15) is 0 Å². The first-order valence-corrected chi connectivity index (χ1v) is 30.1. The minimum Gasteiger partial charge on any atom is -0.507 e. The van der Waals surface area contributed by atoms with Crippen LogP contribution in [-0.2, 0) is 22.9 Å². The fraction of sp³-hybridized carbons (Fsp3) is 0.576. The lowest BCUT2D eigenvalue weighted by Gasteiger charge is -2.53. The van der Waals surface area contributed by atoms with Crippen LogP contribution in [0.4, 0.5) is 37.8 Å². The van der Waals surface area contributed by atoms with Gasteiger partial charge >= 0.3 is 13.9 Å². The first-order chi connectivity index (χ1) is 37.7. The van der Waals surface area contributed by atoms with Gasteiger partial charge in [0.2, 0.25) is 5.91 Å². The highest BCUT2D eigenvalue weighted by Gasteiger charge is 2.48. The van der Waals surface area contributed by atoms with Crippen molar-refractivity contribution < 1.29 is 37.2 Å². The molecular weight excluding hydrogens is 1020 g/mol. The number of urea groups is 1. The lowest BCUT2D eigenvalue weighted by molar-refractivity contribution is -0.131. The number of phenols is 1. The number of pyridine rings is 1. The third kappa shape index (κ3) is 11.1. The van der Waals surface area contributed by atoms with Crippen LogP contribution >= 0.6 is 7.82 Å². The molecule has 2 aliphatic carbocycles. The van der Waals surface area contributed by atoms with E-state index in [4.69, 9.17) is 24.3 Å². The van der Waals surface area contributed by atoms with Crippen LogP contribution in [-0.4, -0.2) is 129 Å². The van der Waals surface area contributed by atoms with Gasteiger partial charge in [-0.25, -0.2) is 23.6 Å². The molecule has 20 heteroatoms. The SMILES string of the molecule is CC(C)(C)OP(=O)(OCN1C(=O)CCN(c2cnc3c(c2)c(C2CC2)cn3C2CC3(CCN(CC4CCN(c5cc(N6C7CCC6CN(c6cc(-c8ccccc8O)nnc6N)C7)ccc5F)CC4)CC3)C2)C1=O)OC(C)(C)C. The summed E-state index contributed by atoms with van der Waals surface area (Å²) in [5.74, 6) is 0.980. The Morgan fingerprint density at radius 1 is 0.797 bits per heavy atom. The largest absolute Gasteiger partial charge is 0.507 e. The van der Waals surface area contributed by atoms with Gasteiger partial charge < -0.3 is 35.0 Å². The molecule has 2 unspecified atom stereocenters. The number of nitrogen functional groups attached to an aromatic ring is 1. The van der Waals surface area contributed by atoms with Gasteiger partial charge in [0.05, 0.1) is 40.2 Å². The molecule has 2 atom stereocenters. The molecule has 3 N–H and O–H groups in total. The number of rotatable bonds is 14. The summed E-state index contributed by atoms with van der Waals surface area (Å²) in [6.45, 7) is 16.5. The van der Waals surface area contributed by atoms with Gasteiger partial charge in [-0.15, -0.1) is 10.2 Å². The van der Waals surface area contributed by atoms with Crippen LogP contribution in [0.3, 0.4) is 0 Å². The number of halogens is 1. The van der Waals surface area contributed by atoms with Gasteiger partial charge in [0.25, 0.3) is 0 Å². The van der Waals surface area contributed by atoms with Gasteiger partial charge in [-0.3, -0.25) is 23.3 Å². The van der Waals surface area contributed by atoms with Crippen molar-refractivity contribution in [2.24, 2.45) is 11.3 Å². The first-order valence-electron chi connectivity index (χ1n) is 28.7. The van der Waals surface area contributed by atoms with Crippen LogP contribution < -0.4 is 25.3 Å². The number of carbonyl (C=O) groups is 2. The van der Waals surface area contributed by atoms with Crippen molar-refractivity contribution in [1.29, 1.82) is 0 Å². The van der Waals surface area contributed by atoms with Crippen LogP contribution in [0.2, 0.25) is 0 Å². The number of hydrogen-bond acceptors (Lipinski definition) is 15. The predicted octanol–water partition coefficient (Wildman–Crippen LogP) is 10.9. The Balaban J connectivity index is 0.636. The number of aromatic nitrogens is 4. The number of fused-ring (bicyclic) bond motifs is 3. The van der Waals surface area contributed by atoms with Crippen molar-refractivity contribution >= 4 is 59.4 Å². The smallest absolute Gasteiger partial charge is 0.477 e. The second-order valence-electron chi connectivity index (χ2n) is 25.6. The van der Waals surface area contributed by atoms with Gasteiger partial charge in [-0.05, 0) is 184 Å². The summed E-state index contributed by atoms with van der Waals surface area (Å²) in [5.41, 5.74) is 11.6. The molecule has 5 aromatic rings. The lowest BCUT2D eigenvalue weighted by Crippen LogP contribution is -2.54. The number of piperazine rings is 1. The molecule has 5 aliphatic heterocycles. The quantitative estimate of drug-likeness (QED) is 0.0999. The van der Waals surface area contributed by atoms with Crippen molar-refractivity contribution in [1.82, 2.24) is 29.5 Å². The molecule has 5 saturated heterocycles. The molecule has 422 valence electrons. The summed E-state index contributed by atoms with van der Waals surface area (Å²) in [7, 11) is -4.18. The van der Waals surface area contributed by atoms with E-state index in [-0.39, 0.29) is 36.6 Å². The Morgan fingerprint density at radius 2 is 1.49 bits per heavy atom. The van der Waals surface area contributed by atoms with Crippen molar-refractivity contribution in [3.63, 3.8) is 0 Å². The normalized spacial score (nSPS) is 22.7. The molecule has 2 aromatic carbocycles. The maximum Gasteiger partial charge on any atom is 0.477 e. The van der Waals surface area contributed by atoms with E-state index >= 15 is 4.39 Å². The lowest BCUT2D eigenvalue weighted by atomic mass is 9.60. The van der Waals surface area contributed by atoms with E-state index in [2.05, 4.69) is 52.7 Å². The topological polar surface area (TPSA) is 188 Å². The second-order valence-corrected chi connectivity index (χ2v) is 27.1. The van der Waals surface area contributed by atoms with Crippen LogP contribution in [0.1, 0.15) is 130 Å². The number of aromatic hydroxyl groups is 1. The van der Waals surface area contributed by atoms with E-state index in [1.807, 2.05) is 24.3 Å². The Morgan fingerprint density at radius 3 is 2.16 bits per heavy atom. The minimum absolute atomic E-state index is 0.0730. The van der Waals surface area contributed by atoms with E-state index in [9.17, 15) is 19.3 Å². The number of phenolic OH excluding ortho intramolecular Hbond substituents is 1. The van der Waals surface area contributed by atoms with Crippen molar-refractivity contribution in [2.75, 3.05) is 84.4 Å². The molecule has 8 heterocycles. The monoisotopic (exact) mass is 1100 g/mol. The number of para-hydroxylation sites is 1. The van der Waals surface area contributed by atoms with E-state index in [0.29, 0.717) is 51.7 Å². The molecule has 3 amide bonds. The number of anilines is 5. The van der Waals surface area contributed by atoms with Gasteiger partial charge in [0.15, 0.2) is 5.82 Å². The molecule has 7 aliphatic rings. The number of amides is 3. The minimum atomic E-state index is -4.18. The molecular formula is C59H77FN11O7P. The molecule has 12 rings (SSSR count). The maximum absolute atomic E-state index is 15.8. The molecule has 79 heavy (non-hydrogen) atoms. The molecule has 2 bridgehead atoms. The van der Waals surface area contributed by atoms with Crippen LogP contribution in [0.25, 0.3) is 22.3 Å². The summed E-state index contributed by atoms with van der Waals surface area (Å²) >= 11 is 0. The van der Waals surface area contributed by atoms with Crippen molar-refractivity contribution in [3.05, 3.63) is 78.4 Å². The van der Waals surface area contributed by atoms with Crippen molar-refractivity contribution in [2.45, 2.75) is 147 Å². The standard InChI is InChI=1S/C59H77FN11O7P/c1-57(2,3)77-79(75,78-58(4,5)6)76-37-70-53(73)19-24-68(56(70)74)43-27-46-47(39-11-12-39)36-69(55(46)62-32-43)44-30-59(31-44)20-25-65(26-21-59)33-38-17-22-66(23-18-38)50-28-40(15-16-48(50)60)71-41-13-14-42(71)35-67(34-41)51-29-49(63-64-54(51)61)45-9-7-8-10-52(45)72/h7-10,15-16,27-29,32,36,38-39,41-42,44,72H,11-14,17-26,30-31,33-35,37H2,1-6H3,(H2,61,64). The summed E-state index contributed by atoms with van der Waals surface area (Å²) in [6, 6.07) is 17.1. The predicted molar refractivity (Wildman–Crippen MR) is 304 cm³/mol. The Kier molecular flexibility index (Phi) is 14.0. The zero-order valence-corrected chi connectivity index (χ0v) is 47.5. The van der Waals surface area contributed by atoms with E-state index in [1.54, 1.807) is 70.8 Å². The van der Waals surface area contributed by atoms with Gasteiger partial charge in [-0.1, -0.05) is 12.1 Å². The van der Waals surface area contributed by atoms with E-state index in [1.165, 1.54) is 18.4 Å². The summed E-state index contributed by atoms with van der Waals surface area (Å²) in [6.07, 6.45) is 15.2. The number of carbonyl (C=O) groups excluding carboxylic acids is 2. The van der Waals surface area contributed by atoms with Gasteiger partial charge in [0, 0.05) is 86.6 Å². The van der Waals surface area contributed by atoms with Crippen LogP contribution in [0.15, 0.2) is 67.0 Å². The number of likely N-dealkylation sites (tertiary alicyclic amines) is 1. The zero-order chi connectivity index (χ0) is 55.2. The highest BCUT2D eigenvalue weighted by molar-refractivity contribution is 7.48. The number of hydrogen-bond donors (Lipinski definition) is 2. The van der Waals surface area contributed by atoms with Crippen molar-refractivity contribution in [3.8, 4) is 17.0 Å². The number of benzene rings is 2. The van der Waals surface area contributed by atoms with Crippen LogP contribution in [0.5, 0.6) is 5.75 Å². The number of piperidine rings is 2. The zero-order valence-electron chi connectivity index (χ0n) is 46.7. The highest BCUT2D eigenvalue weighted by atomic mass is 31.2. The average Bonchev–Trinajstić information content (AvgIpc) is 4.13. The molecule has 7 fully saturated rings. The number of imide groups is 1. The molecule has 2 saturated carbocycles. The average molecular weight is 1100 g/mol. The fourth-order valence-corrected chi connectivity index (χ4v) is 15.3. The summed E-state index contributed by atoms with van der Waals surface area (Å²) in [5, 5.41) is 20.1. The summed E-state index contributed by atoms with van der Waals surface area (Å²) in [4.78, 5) is 44.5. The number of phosphoric acid groups is 1. The van der Waals surface area contributed by atoms with Crippen LogP contribution in [0, 0.1) is 17.2 Å². The van der Waals surface area contributed by atoms with Gasteiger partial charge in [0.1, 0.15) is 23.9 Å². The molecule has 18 nitrogen and oxygen atoms in total. The molecule has 1 spiro atoms. The highest BCUT2D eigenvalue weighted by Crippen LogP contribution is 2.58. The van der Waals surface area contributed by atoms with E-state index < -0.39 is 37.7 Å². The first kappa shape index (κ1) is 53.8. The van der Waals surface area contributed by atoms with E-state index in [0.717, 1.165) is 124 Å². The maximum atomic E-state index is 15.8. The number of phosphoric ester groups is 1. The number of nitrogens with zero attached hydrogens (tertiary/aromatic N) is 10. The summed E-state index contributed by atoms with van der Waals surface area (Å²) < 4.78 is 49.2. The third-order valence-corrected chi connectivity index (χ3v) is 19.6. The third-order valence-electron chi connectivity index (χ3n) is 17.6. The molecule has 3 aromatic heterocycles. The Labute approximate surface area is 462 Å².